The molecule has 0 saturated carbocycles. The van der Waals surface area contributed by atoms with Gasteiger partial charge in [-0.1, -0.05) is 35.9 Å². The van der Waals surface area contributed by atoms with Crippen molar-refractivity contribution in [3.8, 4) is 22.6 Å². The summed E-state index contributed by atoms with van der Waals surface area (Å²) in [5.74, 6) is -1.89. The second-order valence-corrected chi connectivity index (χ2v) is 15.9. The van der Waals surface area contributed by atoms with E-state index in [1.54, 1.807) is 18.2 Å². The number of nitrogens with one attached hydrogen (secondary N) is 1. The highest BCUT2D eigenvalue weighted by Crippen LogP contribution is 2.42. The molecule has 2 N–H and O–H groups in total. The molecule has 64 heavy (non-hydrogen) atoms. The number of halogens is 2. The van der Waals surface area contributed by atoms with Gasteiger partial charge in [0.15, 0.2) is 5.82 Å². The largest absolute Gasteiger partial charge is 0.508 e. The first-order valence-electron chi connectivity index (χ1n) is 21.2. The number of rotatable bonds is 18. The van der Waals surface area contributed by atoms with E-state index in [1.165, 1.54) is 24.5 Å². The number of imide groups is 2. The number of unbranched alkanes of at least 4 members (excludes halogenated alkanes) is 1. The topological polar surface area (TPSA) is 190 Å². The number of amides is 5. The van der Waals surface area contributed by atoms with Gasteiger partial charge in [0.05, 0.1) is 49.2 Å². The molecular weight excluding hydrogens is 851 g/mol. The number of nitrogens with zero attached hydrogens (tertiary/aromatic N) is 5. The van der Waals surface area contributed by atoms with Crippen LogP contribution in [0.25, 0.3) is 32.8 Å². The van der Waals surface area contributed by atoms with Gasteiger partial charge < -0.3 is 33.9 Å². The van der Waals surface area contributed by atoms with Gasteiger partial charge in [-0.3, -0.25) is 34.2 Å². The molecular formula is C46H46ClFN6O10. The molecule has 18 heteroatoms. The van der Waals surface area contributed by atoms with Crippen molar-refractivity contribution in [1.29, 1.82) is 0 Å². The Kier molecular flexibility index (Phi) is 13.9. The van der Waals surface area contributed by atoms with Crippen molar-refractivity contribution in [3.63, 3.8) is 0 Å². The molecule has 2 fully saturated rings. The van der Waals surface area contributed by atoms with Crippen LogP contribution in [0, 0.1) is 5.82 Å². The van der Waals surface area contributed by atoms with Crippen molar-refractivity contribution in [1.82, 2.24) is 25.1 Å². The van der Waals surface area contributed by atoms with Crippen LogP contribution in [-0.4, -0.2) is 133 Å². The number of carbonyl (C=O) groups is 5. The number of anilines is 1. The molecule has 0 aliphatic carbocycles. The van der Waals surface area contributed by atoms with Crippen LogP contribution in [-0.2, 0) is 28.6 Å². The highest BCUT2D eigenvalue weighted by molar-refractivity contribution is 6.35. The van der Waals surface area contributed by atoms with Crippen molar-refractivity contribution in [2.24, 2.45) is 0 Å². The Bertz CT molecular complexity index is 2610. The van der Waals surface area contributed by atoms with E-state index in [0.717, 1.165) is 22.1 Å². The number of aromatic hydroxyl groups is 1. The summed E-state index contributed by atoms with van der Waals surface area (Å²) in [5.41, 5.74) is 1.07. The zero-order valence-electron chi connectivity index (χ0n) is 34.9. The molecule has 1 atom stereocenters. The number of phenolic OH excluding ortho intramolecular Hbond substituents is 1. The van der Waals surface area contributed by atoms with Crippen molar-refractivity contribution < 1.29 is 52.4 Å². The standard InChI is InChI=1S/C46H46ClFN6O10/c47-36-26-35-42(41(48)40(36)33-24-29(55)23-28-5-1-2-6-31(28)33)49-27-50-43(35)53-14-12-52(13-15-53)39(57)7-3-4-16-61-17-18-62-19-20-63-21-22-64-30-8-9-32-34(25-30)46(60)54(45(32)59)37-10-11-38(56)51-44(37)58/h1-2,5-6,8-9,23-27,37,55H,3-4,7,10-22H2,(H,51,56,58). The number of piperazine rings is 1. The van der Waals surface area contributed by atoms with Gasteiger partial charge in [-0.05, 0) is 72.0 Å². The summed E-state index contributed by atoms with van der Waals surface area (Å²) in [6.45, 7) is 4.44. The Labute approximate surface area is 372 Å². The predicted molar refractivity (Wildman–Crippen MR) is 233 cm³/mol. The molecule has 1 aromatic heterocycles. The number of benzene rings is 4. The molecule has 16 nitrogen and oxygen atoms in total. The van der Waals surface area contributed by atoms with E-state index >= 15 is 4.39 Å². The van der Waals surface area contributed by atoms with Gasteiger partial charge in [-0.15, -0.1) is 0 Å². The fourth-order valence-electron chi connectivity index (χ4n) is 8.22. The van der Waals surface area contributed by atoms with E-state index in [2.05, 4.69) is 15.3 Å². The van der Waals surface area contributed by atoms with E-state index in [0.29, 0.717) is 94.6 Å². The number of carbonyl (C=O) groups excluding carboxylic acids is 5. The molecule has 5 amide bonds. The maximum absolute atomic E-state index is 16.3. The number of ether oxygens (including phenoxy) is 4. The zero-order valence-corrected chi connectivity index (χ0v) is 35.6. The van der Waals surface area contributed by atoms with Crippen LogP contribution in [0.15, 0.2) is 67.0 Å². The average Bonchev–Trinajstić information content (AvgIpc) is 3.53. The Morgan fingerprint density at radius 2 is 1.52 bits per heavy atom. The van der Waals surface area contributed by atoms with Gasteiger partial charge in [-0.25, -0.2) is 14.4 Å². The number of phenols is 1. The Morgan fingerprint density at radius 1 is 0.797 bits per heavy atom. The van der Waals surface area contributed by atoms with Gasteiger partial charge in [0.25, 0.3) is 11.8 Å². The van der Waals surface area contributed by atoms with Gasteiger partial charge in [0.2, 0.25) is 17.7 Å². The normalized spacial score (nSPS) is 16.5. The smallest absolute Gasteiger partial charge is 0.262 e. The Balaban J connectivity index is 0.681. The summed E-state index contributed by atoms with van der Waals surface area (Å²) in [5, 5.41) is 14.7. The zero-order chi connectivity index (χ0) is 44.7. The molecule has 0 spiro atoms. The fraction of sp³-hybridized carbons (Fsp3) is 0.370. The summed E-state index contributed by atoms with van der Waals surface area (Å²) in [6, 6.07) is 15.7. The van der Waals surface area contributed by atoms with Gasteiger partial charge in [0.1, 0.15) is 41.8 Å². The molecule has 5 aromatic rings. The highest BCUT2D eigenvalue weighted by atomic mass is 35.5. The molecule has 3 aliphatic rings. The molecule has 1 unspecified atom stereocenters. The second kappa shape index (κ2) is 20.1. The average molecular weight is 897 g/mol. The number of hydrogen-bond donors (Lipinski definition) is 2. The Morgan fingerprint density at radius 3 is 2.28 bits per heavy atom. The first kappa shape index (κ1) is 44.3. The molecule has 4 heterocycles. The van der Waals surface area contributed by atoms with Crippen molar-refractivity contribution in [2.75, 3.05) is 77.3 Å². The monoisotopic (exact) mass is 896 g/mol. The molecule has 0 radical (unpaired) electrons. The minimum absolute atomic E-state index is 0.000193. The maximum atomic E-state index is 16.3. The van der Waals surface area contributed by atoms with E-state index in [1.807, 2.05) is 34.1 Å². The summed E-state index contributed by atoms with van der Waals surface area (Å²) < 4.78 is 38.7. The second-order valence-electron chi connectivity index (χ2n) is 15.5. The number of piperidine rings is 1. The molecule has 2 saturated heterocycles. The molecule has 3 aliphatic heterocycles. The van der Waals surface area contributed by atoms with E-state index in [9.17, 15) is 29.1 Å². The molecule has 8 rings (SSSR count). The van der Waals surface area contributed by atoms with Crippen LogP contribution in [0.5, 0.6) is 11.5 Å². The number of hydrogen-bond acceptors (Lipinski definition) is 13. The minimum Gasteiger partial charge on any atom is -0.508 e. The van der Waals surface area contributed by atoms with E-state index in [-0.39, 0.29) is 64.9 Å². The first-order chi connectivity index (χ1) is 31.1. The van der Waals surface area contributed by atoms with Crippen LogP contribution in [0.4, 0.5) is 10.2 Å². The lowest BCUT2D eigenvalue weighted by molar-refractivity contribution is -0.136. The highest BCUT2D eigenvalue weighted by Gasteiger charge is 2.44. The quantitative estimate of drug-likeness (QED) is 0.0853. The predicted octanol–water partition coefficient (Wildman–Crippen LogP) is 5.30. The van der Waals surface area contributed by atoms with E-state index in [4.69, 9.17) is 30.5 Å². The van der Waals surface area contributed by atoms with Crippen LogP contribution in [0.2, 0.25) is 5.02 Å². The third-order valence-corrected chi connectivity index (χ3v) is 11.7. The first-order valence-corrected chi connectivity index (χ1v) is 21.6. The van der Waals surface area contributed by atoms with Gasteiger partial charge in [0, 0.05) is 56.6 Å². The lowest BCUT2D eigenvalue weighted by Crippen LogP contribution is -2.54. The van der Waals surface area contributed by atoms with Crippen LogP contribution < -0.4 is 15.0 Å². The summed E-state index contributed by atoms with van der Waals surface area (Å²) >= 11 is 6.76. The molecule has 0 bridgehead atoms. The van der Waals surface area contributed by atoms with Crippen molar-refractivity contribution >= 4 is 68.6 Å². The lowest BCUT2D eigenvalue weighted by Gasteiger charge is -2.36. The summed E-state index contributed by atoms with van der Waals surface area (Å²) in [7, 11) is 0. The Hall–Kier alpha value is -6.27. The summed E-state index contributed by atoms with van der Waals surface area (Å²) in [6.07, 6.45) is 3.27. The third-order valence-electron chi connectivity index (χ3n) is 11.4. The minimum atomic E-state index is -1.03. The van der Waals surface area contributed by atoms with Crippen LogP contribution >= 0.6 is 11.6 Å². The van der Waals surface area contributed by atoms with Gasteiger partial charge in [-0.2, -0.15) is 0 Å². The molecule has 334 valence electrons. The summed E-state index contributed by atoms with van der Waals surface area (Å²) in [4.78, 5) is 76.2. The number of fused-ring (bicyclic) bond motifs is 3. The van der Waals surface area contributed by atoms with E-state index < -0.39 is 35.5 Å². The number of aromatic nitrogens is 2. The van der Waals surface area contributed by atoms with Crippen LogP contribution in [0.3, 0.4) is 0 Å². The van der Waals surface area contributed by atoms with Gasteiger partial charge >= 0.3 is 0 Å². The maximum Gasteiger partial charge on any atom is 0.262 e. The van der Waals surface area contributed by atoms with Crippen LogP contribution in [0.1, 0.15) is 52.8 Å². The van der Waals surface area contributed by atoms with Crippen molar-refractivity contribution in [3.05, 3.63) is 89.0 Å². The molecule has 4 aromatic carbocycles. The van der Waals surface area contributed by atoms with Crippen molar-refractivity contribution in [2.45, 2.75) is 38.1 Å². The SMILES string of the molecule is O=C1CCC(N2C(=O)c3ccc(OCCOCCOCCOCCCCC(=O)N4CCN(c5ncnc6c(F)c(-c7cc(O)cc8ccccc78)c(Cl)cc56)CC4)cc3C2=O)C(=O)N1. The fourth-order valence-corrected chi connectivity index (χ4v) is 8.52. The lowest BCUT2D eigenvalue weighted by atomic mass is 9.96. The third kappa shape index (κ3) is 9.62.